The lowest BCUT2D eigenvalue weighted by atomic mass is 10.1. The number of ether oxygens (including phenoxy) is 1. The van der Waals surface area contributed by atoms with Gasteiger partial charge in [0.1, 0.15) is 17.9 Å². The van der Waals surface area contributed by atoms with Crippen molar-refractivity contribution < 1.29 is 9.53 Å². The first-order valence-corrected chi connectivity index (χ1v) is 7.89. The summed E-state index contributed by atoms with van der Waals surface area (Å²) in [4.78, 5) is 20.6. The van der Waals surface area contributed by atoms with Gasteiger partial charge in [0.05, 0.1) is 0 Å². The molecule has 0 fully saturated rings. The van der Waals surface area contributed by atoms with Gasteiger partial charge in [0.25, 0.3) is 5.91 Å². The number of nitrogens with one attached hydrogen (secondary N) is 1. The number of carbonyl (C=O) groups excluding carboxylic acids is 1. The fraction of sp³-hybridized carbons (Fsp3) is 0.222. The quantitative estimate of drug-likeness (QED) is 0.774. The van der Waals surface area contributed by atoms with E-state index in [1.54, 1.807) is 36.1 Å². The minimum Gasteiger partial charge on any atom is -0.481 e. The van der Waals surface area contributed by atoms with Gasteiger partial charge in [0.2, 0.25) is 0 Å². The van der Waals surface area contributed by atoms with Gasteiger partial charge in [-0.25, -0.2) is 14.6 Å². The summed E-state index contributed by atoms with van der Waals surface area (Å²) in [6.07, 6.45) is 4.13. The van der Waals surface area contributed by atoms with Crippen molar-refractivity contribution in [1.82, 2.24) is 19.7 Å². The van der Waals surface area contributed by atoms with Crippen LogP contribution in [0.2, 0.25) is 0 Å². The van der Waals surface area contributed by atoms with Gasteiger partial charge in [0.15, 0.2) is 11.9 Å². The Hall–Kier alpha value is -3.22. The maximum Gasteiger partial charge on any atom is 0.266 e. The molecule has 7 heteroatoms. The summed E-state index contributed by atoms with van der Waals surface area (Å²) in [5.74, 6) is 1.34. The zero-order chi connectivity index (χ0) is 17.8. The van der Waals surface area contributed by atoms with Crippen molar-refractivity contribution in [2.75, 3.05) is 5.32 Å². The summed E-state index contributed by atoms with van der Waals surface area (Å²) in [6, 6.07) is 9.29. The number of rotatable bonds is 5. The molecule has 0 saturated carbocycles. The van der Waals surface area contributed by atoms with E-state index in [4.69, 9.17) is 4.74 Å². The zero-order valence-corrected chi connectivity index (χ0v) is 14.3. The molecule has 1 aromatic carbocycles. The third-order valence-corrected chi connectivity index (χ3v) is 3.52. The van der Waals surface area contributed by atoms with Gasteiger partial charge >= 0.3 is 0 Å². The molecule has 3 rings (SSSR count). The van der Waals surface area contributed by atoms with Crippen LogP contribution in [0, 0.1) is 13.8 Å². The van der Waals surface area contributed by atoms with Crippen molar-refractivity contribution >= 4 is 11.7 Å². The maximum absolute atomic E-state index is 12.4. The summed E-state index contributed by atoms with van der Waals surface area (Å²) in [5.41, 5.74) is 2.17. The summed E-state index contributed by atoms with van der Waals surface area (Å²) >= 11 is 0. The molecule has 25 heavy (non-hydrogen) atoms. The number of hydrogen-bond donors (Lipinski definition) is 1. The zero-order valence-electron chi connectivity index (χ0n) is 14.3. The lowest BCUT2D eigenvalue weighted by molar-refractivity contribution is -0.122. The summed E-state index contributed by atoms with van der Waals surface area (Å²) in [6.45, 7) is 5.67. The van der Waals surface area contributed by atoms with Crippen LogP contribution in [-0.4, -0.2) is 31.8 Å². The molecule has 0 aliphatic carbocycles. The Kier molecular flexibility index (Phi) is 4.74. The monoisotopic (exact) mass is 337 g/mol. The van der Waals surface area contributed by atoms with Gasteiger partial charge < -0.3 is 10.1 Å². The molecule has 7 nitrogen and oxygen atoms in total. The fourth-order valence-electron chi connectivity index (χ4n) is 2.43. The van der Waals surface area contributed by atoms with E-state index in [0.29, 0.717) is 17.4 Å². The van der Waals surface area contributed by atoms with E-state index in [9.17, 15) is 4.79 Å². The van der Waals surface area contributed by atoms with Gasteiger partial charge in [-0.1, -0.05) is 6.07 Å². The Labute approximate surface area is 145 Å². The lowest BCUT2D eigenvalue weighted by Gasteiger charge is -2.15. The predicted octanol–water partition coefficient (Wildman–Crippen LogP) is 2.69. The Morgan fingerprint density at radius 2 is 1.92 bits per heavy atom. The van der Waals surface area contributed by atoms with Crippen LogP contribution < -0.4 is 10.1 Å². The smallest absolute Gasteiger partial charge is 0.266 e. The normalized spacial score (nSPS) is 11.8. The van der Waals surface area contributed by atoms with Crippen molar-refractivity contribution in [2.45, 2.75) is 26.9 Å². The van der Waals surface area contributed by atoms with Gasteiger partial charge in [-0.05, 0) is 50.1 Å². The average molecular weight is 337 g/mol. The van der Waals surface area contributed by atoms with E-state index in [0.717, 1.165) is 11.1 Å². The first-order chi connectivity index (χ1) is 12.0. The topological polar surface area (TPSA) is 81.9 Å². The van der Waals surface area contributed by atoms with Crippen LogP contribution >= 0.6 is 0 Å². The molecule has 0 bridgehead atoms. The third-order valence-electron chi connectivity index (χ3n) is 3.52. The SMILES string of the molecule is Cc1cc(C)cc(OC(C)C(=O)Nc2cc(-n3cccn3)ncn2)c1. The molecule has 0 saturated heterocycles. The van der Waals surface area contributed by atoms with Crippen LogP contribution in [0.1, 0.15) is 18.1 Å². The van der Waals surface area contributed by atoms with E-state index >= 15 is 0 Å². The summed E-state index contributed by atoms with van der Waals surface area (Å²) < 4.78 is 7.33. The first-order valence-electron chi connectivity index (χ1n) is 7.89. The summed E-state index contributed by atoms with van der Waals surface area (Å²) in [5, 5.41) is 6.84. The Morgan fingerprint density at radius 3 is 2.60 bits per heavy atom. The molecule has 2 heterocycles. The summed E-state index contributed by atoms with van der Waals surface area (Å²) in [7, 11) is 0. The minimum atomic E-state index is -0.663. The highest BCUT2D eigenvalue weighted by atomic mass is 16.5. The molecule has 1 N–H and O–H groups in total. The number of hydrogen-bond acceptors (Lipinski definition) is 5. The van der Waals surface area contributed by atoms with Crippen molar-refractivity contribution in [3.63, 3.8) is 0 Å². The van der Waals surface area contributed by atoms with E-state index in [2.05, 4.69) is 26.4 Å². The molecule has 2 aromatic heterocycles. The second-order valence-electron chi connectivity index (χ2n) is 5.78. The molecule has 1 unspecified atom stereocenters. The molecule has 3 aromatic rings. The number of carbonyl (C=O) groups is 1. The Morgan fingerprint density at radius 1 is 1.16 bits per heavy atom. The van der Waals surface area contributed by atoms with E-state index < -0.39 is 6.10 Å². The second kappa shape index (κ2) is 7.12. The lowest BCUT2D eigenvalue weighted by Crippen LogP contribution is -2.30. The van der Waals surface area contributed by atoms with Gasteiger partial charge in [0, 0.05) is 18.5 Å². The number of benzene rings is 1. The molecule has 0 spiro atoms. The van der Waals surface area contributed by atoms with Gasteiger partial charge in [-0.3, -0.25) is 4.79 Å². The van der Waals surface area contributed by atoms with Crippen LogP contribution in [0.25, 0.3) is 5.82 Å². The molecule has 1 amide bonds. The number of nitrogens with zero attached hydrogens (tertiary/aromatic N) is 4. The predicted molar refractivity (Wildman–Crippen MR) is 93.8 cm³/mol. The van der Waals surface area contributed by atoms with Crippen LogP contribution in [-0.2, 0) is 4.79 Å². The van der Waals surface area contributed by atoms with Crippen molar-refractivity contribution in [3.05, 3.63) is 60.2 Å². The number of anilines is 1. The highest BCUT2D eigenvalue weighted by Gasteiger charge is 2.16. The molecular weight excluding hydrogens is 318 g/mol. The Bertz CT molecular complexity index is 857. The minimum absolute atomic E-state index is 0.288. The molecule has 0 aliphatic heterocycles. The van der Waals surface area contributed by atoms with E-state index in [1.807, 2.05) is 26.0 Å². The van der Waals surface area contributed by atoms with Crippen molar-refractivity contribution in [1.29, 1.82) is 0 Å². The molecule has 0 radical (unpaired) electrons. The maximum atomic E-state index is 12.4. The van der Waals surface area contributed by atoms with E-state index in [-0.39, 0.29) is 5.91 Å². The molecular formula is C18H19N5O2. The average Bonchev–Trinajstić information content (AvgIpc) is 3.08. The highest BCUT2D eigenvalue weighted by molar-refractivity contribution is 5.93. The van der Waals surface area contributed by atoms with Gasteiger partial charge in [-0.15, -0.1) is 0 Å². The molecule has 128 valence electrons. The number of aromatic nitrogens is 4. The molecule has 0 aliphatic rings. The third kappa shape index (κ3) is 4.20. The largest absolute Gasteiger partial charge is 0.481 e. The fourth-order valence-corrected chi connectivity index (χ4v) is 2.43. The first kappa shape index (κ1) is 16.6. The number of amides is 1. The van der Waals surface area contributed by atoms with Crippen LogP contribution in [0.5, 0.6) is 5.75 Å². The van der Waals surface area contributed by atoms with Gasteiger partial charge in [-0.2, -0.15) is 5.10 Å². The Balaban J connectivity index is 1.68. The highest BCUT2D eigenvalue weighted by Crippen LogP contribution is 2.18. The van der Waals surface area contributed by atoms with Crippen LogP contribution in [0.4, 0.5) is 5.82 Å². The molecule has 1 atom stereocenters. The standard InChI is InChI=1S/C18H19N5O2/c1-12-7-13(2)9-15(8-12)25-14(3)18(24)22-16-10-17(20-11-19-16)23-6-4-5-21-23/h4-11,14H,1-3H3,(H,19,20,22,24). The van der Waals surface area contributed by atoms with Crippen LogP contribution in [0.3, 0.4) is 0 Å². The van der Waals surface area contributed by atoms with Crippen molar-refractivity contribution in [2.24, 2.45) is 0 Å². The number of aryl methyl sites for hydroxylation is 2. The van der Waals surface area contributed by atoms with Crippen molar-refractivity contribution in [3.8, 4) is 11.6 Å². The van der Waals surface area contributed by atoms with E-state index in [1.165, 1.54) is 6.33 Å². The second-order valence-corrected chi connectivity index (χ2v) is 5.78. The van der Waals surface area contributed by atoms with Crippen LogP contribution in [0.15, 0.2) is 49.1 Å².